The zero-order chi connectivity index (χ0) is 16.0. The predicted octanol–water partition coefficient (Wildman–Crippen LogP) is 1.18. The maximum absolute atomic E-state index is 12.2. The molecule has 7 heteroatoms. The zero-order valence-corrected chi connectivity index (χ0v) is 13.8. The first-order chi connectivity index (χ1) is 9.78. The molecule has 0 aromatic heterocycles. The molecule has 0 bridgehead atoms. The maximum Gasteiger partial charge on any atom is 0.242 e. The Morgan fingerprint density at radius 2 is 1.95 bits per heavy atom. The van der Waals surface area contributed by atoms with Crippen molar-refractivity contribution in [3.05, 3.63) is 23.8 Å². The molecule has 1 aromatic rings. The van der Waals surface area contributed by atoms with Crippen LogP contribution in [0.25, 0.3) is 0 Å². The van der Waals surface area contributed by atoms with E-state index in [-0.39, 0.29) is 10.8 Å². The van der Waals surface area contributed by atoms with Crippen LogP contribution in [0.4, 0.5) is 5.69 Å². The molecule has 0 aliphatic carbocycles. The number of hydrogen-bond acceptors (Lipinski definition) is 4. The molecule has 0 saturated heterocycles. The van der Waals surface area contributed by atoms with Crippen LogP contribution >= 0.6 is 0 Å². The van der Waals surface area contributed by atoms with Gasteiger partial charge in [0.25, 0.3) is 0 Å². The smallest absolute Gasteiger partial charge is 0.242 e. The number of amides is 1. The standard InChI is InChI=1S/C14H23N3O3S/c1-11-7-8-12(16-14(18)6-5-9-15-2)10-13(11)21(19,20)17(3)4/h7-8,10,15H,5-6,9H2,1-4H3,(H,16,18). The van der Waals surface area contributed by atoms with Gasteiger partial charge in [-0.2, -0.15) is 0 Å². The third-order valence-electron chi connectivity index (χ3n) is 3.06. The normalized spacial score (nSPS) is 11.7. The highest BCUT2D eigenvalue weighted by atomic mass is 32.2. The third kappa shape index (κ3) is 4.80. The van der Waals surface area contributed by atoms with E-state index in [4.69, 9.17) is 0 Å². The van der Waals surface area contributed by atoms with E-state index < -0.39 is 10.0 Å². The van der Waals surface area contributed by atoms with E-state index in [1.54, 1.807) is 19.1 Å². The first-order valence-electron chi connectivity index (χ1n) is 6.76. The summed E-state index contributed by atoms with van der Waals surface area (Å²) in [6, 6.07) is 4.90. The van der Waals surface area contributed by atoms with Crippen LogP contribution in [0.2, 0.25) is 0 Å². The molecule has 0 fully saturated rings. The van der Waals surface area contributed by atoms with Crippen LogP contribution in [0.3, 0.4) is 0 Å². The molecule has 0 aliphatic rings. The molecule has 0 heterocycles. The van der Waals surface area contributed by atoms with Gasteiger partial charge in [-0.15, -0.1) is 0 Å². The number of hydrogen-bond donors (Lipinski definition) is 2. The van der Waals surface area contributed by atoms with Crippen molar-refractivity contribution in [3.8, 4) is 0 Å². The van der Waals surface area contributed by atoms with Crippen LogP contribution in [0.15, 0.2) is 23.1 Å². The molecule has 2 N–H and O–H groups in total. The lowest BCUT2D eigenvalue weighted by molar-refractivity contribution is -0.116. The molecule has 6 nitrogen and oxygen atoms in total. The number of sulfonamides is 1. The van der Waals surface area contributed by atoms with Crippen molar-refractivity contribution in [2.24, 2.45) is 0 Å². The molecule has 0 saturated carbocycles. The molecule has 0 unspecified atom stereocenters. The monoisotopic (exact) mass is 313 g/mol. The quantitative estimate of drug-likeness (QED) is 0.741. The first-order valence-corrected chi connectivity index (χ1v) is 8.20. The molecule has 1 amide bonds. The molecule has 0 atom stereocenters. The molecule has 0 aliphatic heterocycles. The molecule has 0 radical (unpaired) electrons. The SMILES string of the molecule is CNCCCC(=O)Nc1ccc(C)c(S(=O)(=O)N(C)C)c1. The van der Waals surface area contributed by atoms with Gasteiger partial charge in [0.05, 0.1) is 4.90 Å². The molecule has 1 aromatic carbocycles. The van der Waals surface area contributed by atoms with E-state index in [1.165, 1.54) is 20.2 Å². The van der Waals surface area contributed by atoms with Crippen LogP contribution in [-0.4, -0.2) is 46.3 Å². The summed E-state index contributed by atoms with van der Waals surface area (Å²) in [5.74, 6) is -0.123. The van der Waals surface area contributed by atoms with Crippen molar-refractivity contribution >= 4 is 21.6 Å². The summed E-state index contributed by atoms with van der Waals surface area (Å²) in [5, 5.41) is 5.70. The van der Waals surface area contributed by atoms with Crippen molar-refractivity contribution in [1.82, 2.24) is 9.62 Å². The van der Waals surface area contributed by atoms with Gasteiger partial charge in [-0.05, 0) is 44.6 Å². The Bertz CT molecular complexity index is 597. The predicted molar refractivity (Wildman–Crippen MR) is 83.8 cm³/mol. The second kappa shape index (κ2) is 7.53. The first kappa shape index (κ1) is 17.6. The highest BCUT2D eigenvalue weighted by Gasteiger charge is 2.20. The minimum absolute atomic E-state index is 0.123. The lowest BCUT2D eigenvalue weighted by Gasteiger charge is -2.15. The topological polar surface area (TPSA) is 78.5 Å². The van der Waals surface area contributed by atoms with Gasteiger partial charge in [0, 0.05) is 26.2 Å². The summed E-state index contributed by atoms with van der Waals surface area (Å²) in [7, 11) is 1.28. The molecule has 118 valence electrons. The van der Waals surface area contributed by atoms with Crippen LogP contribution in [0.5, 0.6) is 0 Å². The number of carbonyl (C=O) groups is 1. The minimum atomic E-state index is -3.51. The van der Waals surface area contributed by atoms with Gasteiger partial charge in [-0.1, -0.05) is 6.07 Å². The summed E-state index contributed by atoms with van der Waals surface area (Å²) in [4.78, 5) is 12.0. The summed E-state index contributed by atoms with van der Waals surface area (Å²) < 4.78 is 25.6. The maximum atomic E-state index is 12.2. The number of benzene rings is 1. The van der Waals surface area contributed by atoms with Gasteiger partial charge in [-0.25, -0.2) is 12.7 Å². The van der Waals surface area contributed by atoms with Gasteiger partial charge in [0.15, 0.2) is 0 Å². The van der Waals surface area contributed by atoms with E-state index >= 15 is 0 Å². The summed E-state index contributed by atoms with van der Waals surface area (Å²) >= 11 is 0. The fourth-order valence-corrected chi connectivity index (χ4v) is 2.95. The third-order valence-corrected chi connectivity index (χ3v) is 5.02. The Balaban J connectivity index is 2.90. The van der Waals surface area contributed by atoms with E-state index in [1.807, 2.05) is 7.05 Å². The summed E-state index contributed by atoms with van der Waals surface area (Å²) in [6.07, 6.45) is 1.13. The molecule has 0 spiro atoms. The molecule has 1 rings (SSSR count). The van der Waals surface area contributed by atoms with Gasteiger partial charge in [-0.3, -0.25) is 4.79 Å². The highest BCUT2D eigenvalue weighted by Crippen LogP contribution is 2.22. The van der Waals surface area contributed by atoms with E-state index in [0.717, 1.165) is 17.3 Å². The van der Waals surface area contributed by atoms with Crippen LogP contribution < -0.4 is 10.6 Å². The van der Waals surface area contributed by atoms with Crippen molar-refractivity contribution in [3.63, 3.8) is 0 Å². The number of nitrogens with zero attached hydrogens (tertiary/aromatic N) is 1. The van der Waals surface area contributed by atoms with Crippen molar-refractivity contribution in [2.45, 2.75) is 24.7 Å². The summed E-state index contributed by atoms with van der Waals surface area (Å²) in [6.45, 7) is 2.50. The number of aryl methyl sites for hydroxylation is 1. The van der Waals surface area contributed by atoms with Gasteiger partial charge in [0.2, 0.25) is 15.9 Å². The second-order valence-electron chi connectivity index (χ2n) is 5.02. The Morgan fingerprint density at radius 3 is 2.52 bits per heavy atom. The zero-order valence-electron chi connectivity index (χ0n) is 12.9. The van der Waals surface area contributed by atoms with Crippen LogP contribution in [0.1, 0.15) is 18.4 Å². The molecular formula is C14H23N3O3S. The number of carbonyl (C=O) groups excluding carboxylic acids is 1. The number of anilines is 1. The Labute approximate surface area is 126 Å². The average molecular weight is 313 g/mol. The fourth-order valence-electron chi connectivity index (χ4n) is 1.80. The van der Waals surface area contributed by atoms with Gasteiger partial charge < -0.3 is 10.6 Å². The Hall–Kier alpha value is -1.44. The van der Waals surface area contributed by atoms with Crippen molar-refractivity contribution < 1.29 is 13.2 Å². The van der Waals surface area contributed by atoms with Gasteiger partial charge >= 0.3 is 0 Å². The lowest BCUT2D eigenvalue weighted by Crippen LogP contribution is -2.23. The molecular weight excluding hydrogens is 290 g/mol. The highest BCUT2D eigenvalue weighted by molar-refractivity contribution is 7.89. The largest absolute Gasteiger partial charge is 0.326 e. The van der Waals surface area contributed by atoms with E-state index in [0.29, 0.717) is 17.7 Å². The minimum Gasteiger partial charge on any atom is -0.326 e. The van der Waals surface area contributed by atoms with Crippen LogP contribution in [-0.2, 0) is 14.8 Å². The van der Waals surface area contributed by atoms with Crippen molar-refractivity contribution in [2.75, 3.05) is 33.0 Å². The Morgan fingerprint density at radius 1 is 1.29 bits per heavy atom. The van der Waals surface area contributed by atoms with Crippen LogP contribution in [0, 0.1) is 6.92 Å². The van der Waals surface area contributed by atoms with E-state index in [2.05, 4.69) is 10.6 Å². The second-order valence-corrected chi connectivity index (χ2v) is 7.14. The Kier molecular flexibility index (Phi) is 6.32. The average Bonchev–Trinajstić information content (AvgIpc) is 2.41. The molecule has 21 heavy (non-hydrogen) atoms. The summed E-state index contributed by atoms with van der Waals surface area (Å²) in [5.41, 5.74) is 1.15. The van der Waals surface area contributed by atoms with Gasteiger partial charge in [0.1, 0.15) is 0 Å². The lowest BCUT2D eigenvalue weighted by atomic mass is 10.2. The fraction of sp³-hybridized carbons (Fsp3) is 0.500. The van der Waals surface area contributed by atoms with Crippen molar-refractivity contribution in [1.29, 1.82) is 0 Å². The van der Waals surface area contributed by atoms with E-state index in [9.17, 15) is 13.2 Å². The number of rotatable bonds is 7. The number of nitrogens with one attached hydrogen (secondary N) is 2.